The minimum Gasteiger partial charge on any atom is -0.475 e. The highest BCUT2D eigenvalue weighted by molar-refractivity contribution is 14.1. The number of aromatic carboxylic acids is 1. The summed E-state index contributed by atoms with van der Waals surface area (Å²) >= 11 is 2.13. The van der Waals surface area contributed by atoms with Crippen LogP contribution in [-0.2, 0) is 0 Å². The molecule has 2 rings (SSSR count). The van der Waals surface area contributed by atoms with Gasteiger partial charge in [-0.15, -0.1) is 0 Å². The summed E-state index contributed by atoms with van der Waals surface area (Å²) in [5, 5.41) is 8.68. The van der Waals surface area contributed by atoms with Gasteiger partial charge in [0.1, 0.15) is 0 Å². The van der Waals surface area contributed by atoms with E-state index in [1.165, 1.54) is 12.1 Å². The lowest BCUT2D eigenvalue weighted by Gasteiger charge is -1.97. The van der Waals surface area contributed by atoms with Crippen LogP contribution in [0.4, 0.5) is 0 Å². The number of hydrogen-bond acceptors (Lipinski definition) is 3. The average molecular weight is 342 g/mol. The molecule has 0 aliphatic heterocycles. The Bertz CT molecular complexity index is 568. The first-order valence-corrected chi connectivity index (χ1v) is 5.79. The number of carbonyl (C=O) groups excluding carboxylic acids is 1. The fourth-order valence-corrected chi connectivity index (χ4v) is 1.68. The van der Waals surface area contributed by atoms with Gasteiger partial charge in [-0.3, -0.25) is 4.79 Å². The minimum atomic E-state index is -1.19. The summed E-state index contributed by atoms with van der Waals surface area (Å²) in [7, 11) is 0. The molecule has 0 amide bonds. The van der Waals surface area contributed by atoms with Gasteiger partial charge >= 0.3 is 5.97 Å². The molecule has 1 N–H and O–H groups in total. The molecule has 4 nitrogen and oxygen atoms in total. The maximum atomic E-state index is 11.9. The van der Waals surface area contributed by atoms with Crippen LogP contribution >= 0.6 is 22.6 Å². The number of carboxylic acid groups (broad SMARTS) is 1. The molecular weight excluding hydrogens is 335 g/mol. The van der Waals surface area contributed by atoms with E-state index in [1.54, 1.807) is 24.3 Å². The van der Waals surface area contributed by atoms with E-state index in [0.29, 0.717) is 5.56 Å². The molecular formula is C12H7IO4. The molecule has 17 heavy (non-hydrogen) atoms. The molecule has 0 aliphatic carbocycles. The molecule has 2 aromatic rings. The van der Waals surface area contributed by atoms with Gasteiger partial charge in [0, 0.05) is 9.13 Å². The molecule has 0 aliphatic rings. The molecule has 1 aromatic heterocycles. The van der Waals surface area contributed by atoms with Gasteiger partial charge in [0.05, 0.1) is 0 Å². The van der Waals surface area contributed by atoms with Crippen LogP contribution in [0, 0.1) is 3.57 Å². The van der Waals surface area contributed by atoms with Gasteiger partial charge in [-0.05, 0) is 59.0 Å². The standard InChI is InChI=1S/C12H7IO4/c13-8-3-1-7(2-4-8)11(14)9-5-6-10(17-9)12(15)16/h1-6H,(H,15,16). The number of halogens is 1. The second-order valence-electron chi connectivity index (χ2n) is 3.31. The van der Waals surface area contributed by atoms with Crippen molar-refractivity contribution in [3.8, 4) is 0 Å². The van der Waals surface area contributed by atoms with Crippen molar-refractivity contribution in [1.29, 1.82) is 0 Å². The maximum Gasteiger partial charge on any atom is 0.371 e. The summed E-state index contributed by atoms with van der Waals surface area (Å²) in [6.45, 7) is 0. The van der Waals surface area contributed by atoms with Crippen LogP contribution in [0.2, 0.25) is 0 Å². The maximum absolute atomic E-state index is 11.9. The largest absolute Gasteiger partial charge is 0.475 e. The zero-order valence-corrected chi connectivity index (χ0v) is 10.7. The molecule has 5 heteroatoms. The first-order valence-electron chi connectivity index (χ1n) is 4.71. The Morgan fingerprint density at radius 1 is 1.00 bits per heavy atom. The van der Waals surface area contributed by atoms with Crippen molar-refractivity contribution in [2.24, 2.45) is 0 Å². The van der Waals surface area contributed by atoms with Crippen molar-refractivity contribution >= 4 is 34.3 Å². The van der Waals surface area contributed by atoms with Crippen LogP contribution in [0.15, 0.2) is 40.8 Å². The number of hydrogen-bond donors (Lipinski definition) is 1. The van der Waals surface area contributed by atoms with E-state index in [1.807, 2.05) is 0 Å². The Morgan fingerprint density at radius 2 is 1.59 bits per heavy atom. The highest BCUT2D eigenvalue weighted by Gasteiger charge is 2.16. The molecule has 0 saturated carbocycles. The van der Waals surface area contributed by atoms with E-state index in [2.05, 4.69) is 22.6 Å². The summed E-state index contributed by atoms with van der Waals surface area (Å²) in [5.41, 5.74) is 0.469. The first kappa shape index (κ1) is 11.8. The van der Waals surface area contributed by atoms with E-state index in [9.17, 15) is 9.59 Å². The van der Waals surface area contributed by atoms with Gasteiger partial charge in [-0.2, -0.15) is 0 Å². The summed E-state index contributed by atoms with van der Waals surface area (Å²) in [5.74, 6) is -1.72. The van der Waals surface area contributed by atoms with E-state index in [0.717, 1.165) is 3.57 Å². The lowest BCUT2D eigenvalue weighted by molar-refractivity contribution is 0.0660. The molecule has 0 saturated heterocycles. The van der Waals surface area contributed by atoms with E-state index in [-0.39, 0.29) is 17.3 Å². The Hall–Kier alpha value is -1.63. The van der Waals surface area contributed by atoms with E-state index >= 15 is 0 Å². The van der Waals surface area contributed by atoms with Crippen LogP contribution in [0.1, 0.15) is 26.7 Å². The zero-order chi connectivity index (χ0) is 12.4. The van der Waals surface area contributed by atoms with Gasteiger partial charge in [0.2, 0.25) is 11.5 Å². The number of furan rings is 1. The highest BCUT2D eigenvalue weighted by atomic mass is 127. The molecule has 1 aromatic carbocycles. The fraction of sp³-hybridized carbons (Fsp3) is 0. The topological polar surface area (TPSA) is 67.5 Å². The highest BCUT2D eigenvalue weighted by Crippen LogP contribution is 2.15. The number of carbonyl (C=O) groups is 2. The fourth-order valence-electron chi connectivity index (χ4n) is 1.32. The molecule has 0 bridgehead atoms. The molecule has 0 atom stereocenters. The van der Waals surface area contributed by atoms with Gasteiger partial charge in [0.25, 0.3) is 0 Å². The van der Waals surface area contributed by atoms with E-state index < -0.39 is 5.97 Å². The molecule has 86 valence electrons. The van der Waals surface area contributed by atoms with Crippen LogP contribution in [0.25, 0.3) is 0 Å². The smallest absolute Gasteiger partial charge is 0.371 e. The van der Waals surface area contributed by atoms with Crippen molar-refractivity contribution in [3.05, 3.63) is 57.1 Å². The van der Waals surface area contributed by atoms with Crippen LogP contribution in [0.3, 0.4) is 0 Å². The number of carboxylic acids is 1. The third-order valence-electron chi connectivity index (χ3n) is 2.15. The zero-order valence-electron chi connectivity index (χ0n) is 8.51. The van der Waals surface area contributed by atoms with Gasteiger partial charge in [-0.1, -0.05) is 0 Å². The monoisotopic (exact) mass is 342 g/mol. The molecule has 0 fully saturated rings. The summed E-state index contributed by atoms with van der Waals surface area (Å²) in [6, 6.07) is 9.58. The third-order valence-corrected chi connectivity index (χ3v) is 2.87. The normalized spacial score (nSPS) is 10.2. The lowest BCUT2D eigenvalue weighted by atomic mass is 10.1. The molecule has 1 heterocycles. The van der Waals surface area contributed by atoms with Gasteiger partial charge in [0.15, 0.2) is 5.76 Å². The second kappa shape index (κ2) is 4.70. The predicted molar refractivity (Wildman–Crippen MR) is 68.3 cm³/mol. The first-order chi connectivity index (χ1) is 8.08. The summed E-state index contributed by atoms with van der Waals surface area (Å²) < 4.78 is 5.96. The third kappa shape index (κ3) is 2.55. The Morgan fingerprint density at radius 3 is 2.12 bits per heavy atom. The van der Waals surface area contributed by atoms with Gasteiger partial charge < -0.3 is 9.52 Å². The Balaban J connectivity index is 2.30. The number of ketones is 1. The van der Waals surface area contributed by atoms with Gasteiger partial charge in [-0.25, -0.2) is 4.79 Å². The molecule has 0 radical (unpaired) electrons. The van der Waals surface area contributed by atoms with Crippen molar-refractivity contribution in [2.75, 3.05) is 0 Å². The second-order valence-corrected chi connectivity index (χ2v) is 4.55. The van der Waals surface area contributed by atoms with Crippen molar-refractivity contribution in [3.63, 3.8) is 0 Å². The lowest BCUT2D eigenvalue weighted by Crippen LogP contribution is -1.99. The van der Waals surface area contributed by atoms with Crippen molar-refractivity contribution in [2.45, 2.75) is 0 Å². The summed E-state index contributed by atoms with van der Waals surface area (Å²) in [6.07, 6.45) is 0. The Labute approximate surface area is 110 Å². The van der Waals surface area contributed by atoms with Crippen molar-refractivity contribution < 1.29 is 19.1 Å². The SMILES string of the molecule is O=C(O)c1ccc(C(=O)c2ccc(I)cc2)o1. The predicted octanol–water partition coefficient (Wildman–Crippen LogP) is 2.81. The van der Waals surface area contributed by atoms with Crippen LogP contribution < -0.4 is 0 Å². The van der Waals surface area contributed by atoms with E-state index in [4.69, 9.17) is 9.52 Å². The van der Waals surface area contributed by atoms with Crippen LogP contribution in [0.5, 0.6) is 0 Å². The number of benzene rings is 1. The molecule has 0 spiro atoms. The van der Waals surface area contributed by atoms with Crippen molar-refractivity contribution in [1.82, 2.24) is 0 Å². The summed E-state index contributed by atoms with van der Waals surface area (Å²) in [4.78, 5) is 22.5. The average Bonchev–Trinajstić information content (AvgIpc) is 2.78. The van der Waals surface area contributed by atoms with Crippen LogP contribution in [-0.4, -0.2) is 16.9 Å². The minimum absolute atomic E-state index is 0.0311. The molecule has 0 unspecified atom stereocenters. The number of rotatable bonds is 3. The quantitative estimate of drug-likeness (QED) is 0.688. The Kier molecular flexibility index (Phi) is 3.28.